The van der Waals surface area contributed by atoms with E-state index in [9.17, 15) is 4.79 Å². The van der Waals surface area contributed by atoms with Crippen molar-refractivity contribution in [2.24, 2.45) is 11.3 Å². The average Bonchev–Trinajstić information content (AvgIpc) is 3.44. The van der Waals surface area contributed by atoms with Crippen LogP contribution in [0.2, 0.25) is 5.02 Å². The van der Waals surface area contributed by atoms with Crippen molar-refractivity contribution in [3.05, 3.63) is 58.9 Å². The summed E-state index contributed by atoms with van der Waals surface area (Å²) in [4.78, 5) is 13.2. The second-order valence-electron chi connectivity index (χ2n) is 8.28. The Balaban J connectivity index is 1.76. The first-order valence-corrected chi connectivity index (χ1v) is 9.91. The molecule has 4 rings (SSSR count). The summed E-state index contributed by atoms with van der Waals surface area (Å²) in [5.41, 5.74) is 3.43. The van der Waals surface area contributed by atoms with E-state index in [1.54, 1.807) is 4.68 Å². The molecule has 0 radical (unpaired) electrons. The summed E-state index contributed by atoms with van der Waals surface area (Å²) < 4.78 is 1.65. The molecule has 6 heteroatoms. The maximum absolute atomic E-state index is 13.2. The number of aromatic nitrogens is 4. The lowest BCUT2D eigenvalue weighted by atomic mass is 9.80. The number of nitrogens with zero attached hydrogens (tertiary/aromatic N) is 4. The first kappa shape index (κ1) is 18.8. The molecule has 5 nitrogen and oxygen atoms in total. The van der Waals surface area contributed by atoms with Gasteiger partial charge in [0.2, 0.25) is 0 Å². The molecule has 1 heterocycles. The van der Waals surface area contributed by atoms with Crippen molar-refractivity contribution in [2.45, 2.75) is 40.0 Å². The molecule has 3 aromatic rings. The van der Waals surface area contributed by atoms with E-state index in [-0.39, 0.29) is 11.2 Å². The summed E-state index contributed by atoms with van der Waals surface area (Å²) in [5.74, 6) is 1.47. The van der Waals surface area contributed by atoms with Crippen LogP contribution in [0, 0.1) is 18.3 Å². The molecule has 1 saturated carbocycles. The van der Waals surface area contributed by atoms with Crippen molar-refractivity contribution in [1.29, 1.82) is 0 Å². The van der Waals surface area contributed by atoms with Gasteiger partial charge in [-0.25, -0.2) is 0 Å². The molecule has 28 heavy (non-hydrogen) atoms. The van der Waals surface area contributed by atoms with Gasteiger partial charge in [0.15, 0.2) is 11.6 Å². The van der Waals surface area contributed by atoms with E-state index < -0.39 is 0 Å². The molecule has 0 N–H and O–H groups in total. The number of halogens is 1. The zero-order valence-electron chi connectivity index (χ0n) is 16.3. The van der Waals surface area contributed by atoms with Gasteiger partial charge in [-0.15, -0.1) is 5.10 Å². The number of Topliss-reactive ketones (excluding diaryl/α,β-unsaturated/α-hetero) is 1. The molecular formula is C22H23ClN4O. The van der Waals surface area contributed by atoms with Gasteiger partial charge in [0.1, 0.15) is 0 Å². The highest BCUT2D eigenvalue weighted by Crippen LogP contribution is 2.47. The minimum absolute atomic E-state index is 0.0260. The van der Waals surface area contributed by atoms with Crippen molar-refractivity contribution < 1.29 is 4.79 Å². The second-order valence-corrected chi connectivity index (χ2v) is 8.71. The standard InChI is InChI=1S/C22H23ClN4O/c1-14-24-25-26-27(14)20-11-16(15-4-8-19(23)9-5-15)10-17(12-20)21(28)13-22(2,3)18-6-7-18/h4-5,8-12,18H,6-7,13H2,1-3H3. The Morgan fingerprint density at radius 2 is 1.86 bits per heavy atom. The Morgan fingerprint density at radius 1 is 1.14 bits per heavy atom. The topological polar surface area (TPSA) is 60.7 Å². The molecule has 0 bridgehead atoms. The highest BCUT2D eigenvalue weighted by Gasteiger charge is 2.39. The van der Waals surface area contributed by atoms with Crippen LogP contribution in [0.3, 0.4) is 0 Å². The third-order valence-corrected chi connectivity index (χ3v) is 5.84. The maximum atomic E-state index is 13.2. The van der Waals surface area contributed by atoms with E-state index in [2.05, 4.69) is 29.4 Å². The Labute approximate surface area is 169 Å². The lowest BCUT2D eigenvalue weighted by Crippen LogP contribution is -2.19. The van der Waals surface area contributed by atoms with Crippen LogP contribution in [-0.4, -0.2) is 26.0 Å². The normalized spacial score (nSPS) is 14.3. The monoisotopic (exact) mass is 394 g/mol. The largest absolute Gasteiger partial charge is 0.294 e. The van der Waals surface area contributed by atoms with Crippen molar-refractivity contribution >= 4 is 17.4 Å². The first-order valence-electron chi connectivity index (χ1n) is 9.53. The molecule has 2 aromatic carbocycles. The van der Waals surface area contributed by atoms with Gasteiger partial charge in [-0.1, -0.05) is 37.6 Å². The molecule has 1 aliphatic carbocycles. The molecule has 0 amide bonds. The fourth-order valence-corrected chi connectivity index (χ4v) is 3.82. The SMILES string of the molecule is Cc1nnnn1-c1cc(C(=O)CC(C)(C)C2CC2)cc(-c2ccc(Cl)cc2)c1. The lowest BCUT2D eigenvalue weighted by Gasteiger charge is -2.23. The van der Waals surface area contributed by atoms with E-state index in [0.29, 0.717) is 28.7 Å². The number of hydrogen-bond acceptors (Lipinski definition) is 4. The van der Waals surface area contributed by atoms with Crippen LogP contribution in [0.15, 0.2) is 42.5 Å². The Kier molecular flexibility index (Phi) is 4.79. The number of rotatable bonds is 6. The van der Waals surface area contributed by atoms with Crippen molar-refractivity contribution in [1.82, 2.24) is 20.2 Å². The quantitative estimate of drug-likeness (QED) is 0.532. The minimum atomic E-state index is 0.0260. The first-order chi connectivity index (χ1) is 13.3. The van der Waals surface area contributed by atoms with Crippen LogP contribution in [0.4, 0.5) is 0 Å². The molecule has 1 aliphatic rings. The van der Waals surface area contributed by atoms with Gasteiger partial charge >= 0.3 is 0 Å². The Morgan fingerprint density at radius 3 is 2.46 bits per heavy atom. The molecule has 1 fully saturated rings. The van der Waals surface area contributed by atoms with Gasteiger partial charge in [0, 0.05) is 17.0 Å². The number of hydrogen-bond donors (Lipinski definition) is 0. The van der Waals surface area contributed by atoms with Gasteiger partial charge in [-0.05, 0) is 83.0 Å². The summed E-state index contributed by atoms with van der Waals surface area (Å²) in [6.45, 7) is 6.22. The highest BCUT2D eigenvalue weighted by atomic mass is 35.5. The molecule has 144 valence electrons. The van der Waals surface area contributed by atoms with E-state index in [1.807, 2.05) is 49.4 Å². The maximum Gasteiger partial charge on any atom is 0.163 e. The number of tetrazole rings is 1. The number of benzene rings is 2. The predicted octanol–water partition coefficient (Wildman–Crippen LogP) is 5.30. The third kappa shape index (κ3) is 3.85. The zero-order chi connectivity index (χ0) is 19.9. The molecule has 0 atom stereocenters. The summed E-state index contributed by atoms with van der Waals surface area (Å²) in [6.07, 6.45) is 2.98. The fraction of sp³-hybridized carbons (Fsp3) is 0.364. The van der Waals surface area contributed by atoms with Crippen LogP contribution < -0.4 is 0 Å². The number of aryl methyl sites for hydroxylation is 1. The van der Waals surface area contributed by atoms with Crippen LogP contribution >= 0.6 is 11.6 Å². The Hall–Kier alpha value is -2.53. The zero-order valence-corrected chi connectivity index (χ0v) is 17.1. The average molecular weight is 395 g/mol. The van der Waals surface area contributed by atoms with E-state index >= 15 is 0 Å². The van der Waals surface area contributed by atoms with Gasteiger partial charge in [-0.3, -0.25) is 4.79 Å². The molecule has 0 aliphatic heterocycles. The van der Waals surface area contributed by atoms with Gasteiger partial charge in [0.05, 0.1) is 5.69 Å². The Bertz CT molecular complexity index is 1020. The van der Waals surface area contributed by atoms with E-state index in [4.69, 9.17) is 11.6 Å². The number of ketones is 1. The molecule has 1 aromatic heterocycles. The lowest BCUT2D eigenvalue weighted by molar-refractivity contribution is 0.0917. The van der Waals surface area contributed by atoms with Gasteiger partial charge in [-0.2, -0.15) is 4.68 Å². The molecule has 0 saturated heterocycles. The predicted molar refractivity (Wildman–Crippen MR) is 110 cm³/mol. The second kappa shape index (κ2) is 7.13. The van der Waals surface area contributed by atoms with Crippen LogP contribution in [0.25, 0.3) is 16.8 Å². The van der Waals surface area contributed by atoms with Gasteiger partial charge in [0.25, 0.3) is 0 Å². The summed E-state index contributed by atoms with van der Waals surface area (Å²) >= 11 is 6.04. The number of carbonyl (C=O) groups excluding carboxylic acids is 1. The van der Waals surface area contributed by atoms with E-state index in [1.165, 1.54) is 12.8 Å². The molecule has 0 spiro atoms. The fourth-order valence-electron chi connectivity index (χ4n) is 3.70. The van der Waals surface area contributed by atoms with Crippen LogP contribution in [-0.2, 0) is 0 Å². The minimum Gasteiger partial charge on any atom is -0.294 e. The summed E-state index contributed by atoms with van der Waals surface area (Å²) in [5, 5.41) is 12.5. The molecular weight excluding hydrogens is 372 g/mol. The van der Waals surface area contributed by atoms with Crippen molar-refractivity contribution in [3.63, 3.8) is 0 Å². The summed E-state index contributed by atoms with van der Waals surface area (Å²) in [6, 6.07) is 13.4. The van der Waals surface area contributed by atoms with Crippen LogP contribution in [0.1, 0.15) is 49.3 Å². The van der Waals surface area contributed by atoms with Gasteiger partial charge < -0.3 is 0 Å². The smallest absolute Gasteiger partial charge is 0.163 e. The molecule has 0 unspecified atom stereocenters. The van der Waals surface area contributed by atoms with E-state index in [0.717, 1.165) is 16.8 Å². The summed E-state index contributed by atoms with van der Waals surface area (Å²) in [7, 11) is 0. The number of carbonyl (C=O) groups is 1. The van der Waals surface area contributed by atoms with Crippen molar-refractivity contribution in [2.75, 3.05) is 0 Å². The van der Waals surface area contributed by atoms with Crippen LogP contribution in [0.5, 0.6) is 0 Å². The van der Waals surface area contributed by atoms with Crippen molar-refractivity contribution in [3.8, 4) is 16.8 Å². The highest BCUT2D eigenvalue weighted by molar-refractivity contribution is 6.30. The third-order valence-electron chi connectivity index (χ3n) is 5.59.